The van der Waals surface area contributed by atoms with Crippen LogP contribution in [0.3, 0.4) is 0 Å². The van der Waals surface area contributed by atoms with Gasteiger partial charge in [0.15, 0.2) is 0 Å². The summed E-state index contributed by atoms with van der Waals surface area (Å²) >= 11 is 6.03. The number of carbonyl (C=O) groups excluding carboxylic acids is 2. The van der Waals surface area contributed by atoms with Crippen molar-refractivity contribution >= 4 is 29.2 Å². The Kier molecular flexibility index (Phi) is 6.87. The third-order valence-electron chi connectivity index (χ3n) is 6.32. The molecule has 1 aliphatic rings. The van der Waals surface area contributed by atoms with Crippen LogP contribution in [0.25, 0.3) is 11.3 Å². The highest BCUT2D eigenvalue weighted by atomic mass is 35.5. The largest absolute Gasteiger partial charge is 0.507 e. The fourth-order valence-electron chi connectivity index (χ4n) is 4.16. The number of pyridine rings is 1. The lowest BCUT2D eigenvalue weighted by Crippen LogP contribution is -2.31. The number of aromatic hydroxyl groups is 1. The number of anilines is 1. The van der Waals surface area contributed by atoms with Crippen molar-refractivity contribution in [3.63, 3.8) is 0 Å². The van der Waals surface area contributed by atoms with E-state index in [9.17, 15) is 19.1 Å². The van der Waals surface area contributed by atoms with Crippen LogP contribution >= 0.6 is 11.6 Å². The zero-order chi connectivity index (χ0) is 25.9. The third-order valence-corrected chi connectivity index (χ3v) is 6.62. The number of nitrogens with zero attached hydrogens (tertiary/aromatic N) is 3. The van der Waals surface area contributed by atoms with Crippen molar-refractivity contribution in [3.8, 4) is 17.0 Å². The second kappa shape index (κ2) is 10.4. The Balaban J connectivity index is 1.41. The van der Waals surface area contributed by atoms with Crippen molar-refractivity contribution in [2.24, 2.45) is 0 Å². The van der Waals surface area contributed by atoms with Crippen LogP contribution in [0.2, 0.25) is 5.15 Å². The lowest BCUT2D eigenvalue weighted by molar-refractivity contribution is 0.102. The molecule has 0 saturated heterocycles. The van der Waals surface area contributed by atoms with Crippen LogP contribution in [-0.4, -0.2) is 31.8 Å². The van der Waals surface area contributed by atoms with E-state index in [1.54, 1.807) is 42.5 Å². The number of nitrogens with one attached hydrogen (secondary N) is 2. The molecule has 188 valence electrons. The summed E-state index contributed by atoms with van der Waals surface area (Å²) < 4.78 is 14.8. The normalized spacial score (nSPS) is 13.1. The Morgan fingerprint density at radius 1 is 1.11 bits per heavy atom. The van der Waals surface area contributed by atoms with E-state index in [1.807, 2.05) is 0 Å². The molecule has 0 spiro atoms. The molecule has 5 rings (SSSR count). The number of amides is 2. The van der Waals surface area contributed by atoms with E-state index in [2.05, 4.69) is 20.7 Å². The predicted molar refractivity (Wildman–Crippen MR) is 137 cm³/mol. The first-order valence-electron chi connectivity index (χ1n) is 11.8. The van der Waals surface area contributed by atoms with E-state index < -0.39 is 11.9 Å². The van der Waals surface area contributed by atoms with Gasteiger partial charge in [0.2, 0.25) is 0 Å². The molecule has 0 aliphatic heterocycles. The summed E-state index contributed by atoms with van der Waals surface area (Å²) in [4.78, 5) is 29.6. The summed E-state index contributed by atoms with van der Waals surface area (Å²) in [7, 11) is 0. The summed E-state index contributed by atoms with van der Waals surface area (Å²) in [5, 5.41) is 20.7. The molecule has 0 unspecified atom stereocenters. The minimum Gasteiger partial charge on any atom is -0.507 e. The summed E-state index contributed by atoms with van der Waals surface area (Å²) in [6, 6.07) is 15.1. The molecule has 37 heavy (non-hydrogen) atoms. The third kappa shape index (κ3) is 5.31. The Morgan fingerprint density at radius 2 is 1.95 bits per heavy atom. The van der Waals surface area contributed by atoms with E-state index >= 15 is 0 Å². The Bertz CT molecular complexity index is 1480. The van der Waals surface area contributed by atoms with Gasteiger partial charge in [-0.3, -0.25) is 4.79 Å². The molecule has 3 N–H and O–H groups in total. The first kappa shape index (κ1) is 24.5. The van der Waals surface area contributed by atoms with E-state index in [4.69, 9.17) is 11.6 Å². The molecule has 1 aliphatic carbocycles. The van der Waals surface area contributed by atoms with Crippen LogP contribution in [0.5, 0.6) is 5.75 Å². The number of hydrogen-bond acceptors (Lipinski definition) is 5. The van der Waals surface area contributed by atoms with Gasteiger partial charge < -0.3 is 15.7 Å². The van der Waals surface area contributed by atoms with Crippen LogP contribution in [-0.2, 0) is 6.54 Å². The second-order valence-corrected chi connectivity index (χ2v) is 9.17. The predicted octanol–water partition coefficient (Wildman–Crippen LogP) is 5.72. The van der Waals surface area contributed by atoms with Gasteiger partial charge >= 0.3 is 6.03 Å². The van der Waals surface area contributed by atoms with Crippen LogP contribution in [0.15, 0.2) is 66.9 Å². The Labute approximate surface area is 217 Å². The molecule has 4 aromatic rings. The lowest BCUT2D eigenvalue weighted by Gasteiger charge is -2.25. The molecule has 1 saturated carbocycles. The summed E-state index contributed by atoms with van der Waals surface area (Å²) in [5.74, 6) is -0.718. The van der Waals surface area contributed by atoms with Crippen LogP contribution < -0.4 is 10.6 Å². The van der Waals surface area contributed by atoms with E-state index in [1.165, 1.54) is 29.1 Å². The number of phenolic OH excluding ortho intramolecular Hbond substituents is 1. The van der Waals surface area contributed by atoms with Crippen molar-refractivity contribution in [1.82, 2.24) is 20.1 Å². The van der Waals surface area contributed by atoms with Gasteiger partial charge in [0.25, 0.3) is 5.91 Å². The number of rotatable bonds is 6. The molecule has 8 nitrogen and oxygen atoms in total. The van der Waals surface area contributed by atoms with Gasteiger partial charge in [-0.15, -0.1) is 0 Å². The number of halogens is 2. The van der Waals surface area contributed by atoms with Crippen LogP contribution in [0.4, 0.5) is 14.9 Å². The van der Waals surface area contributed by atoms with Crippen molar-refractivity contribution in [2.45, 2.75) is 31.7 Å². The molecule has 2 aromatic heterocycles. The number of carbonyl (C=O) groups is 2. The molecule has 2 aromatic carbocycles. The van der Waals surface area contributed by atoms with Crippen molar-refractivity contribution in [1.29, 1.82) is 0 Å². The minimum absolute atomic E-state index is 0.0533. The number of aromatic nitrogens is 3. The molecule has 0 atom stereocenters. The average molecular weight is 520 g/mol. The standard InChI is InChI=1S/C27H23ClFN5O3/c28-25-20(8-3-11-30-25)26(36)32-19-9-10-24(35)21(13-19)22-14-23(17-5-2-6-17)34(33-22)27(37)31-15-16-4-1-7-18(29)12-16/h1,3-4,7-14,17,35H,2,5-6,15H2,(H,31,37)(H,32,36). The first-order chi connectivity index (χ1) is 17.9. The summed E-state index contributed by atoms with van der Waals surface area (Å²) in [6.45, 7) is 0.138. The molecule has 2 heterocycles. The van der Waals surface area contributed by atoms with Gasteiger partial charge in [-0.05, 0) is 66.9 Å². The molecular weight excluding hydrogens is 497 g/mol. The van der Waals surface area contributed by atoms with Crippen molar-refractivity contribution in [3.05, 3.63) is 94.7 Å². The highest BCUT2D eigenvalue weighted by molar-refractivity contribution is 6.33. The first-order valence-corrected chi connectivity index (χ1v) is 12.1. The molecule has 0 radical (unpaired) electrons. The van der Waals surface area contributed by atoms with E-state index in [0.717, 1.165) is 25.0 Å². The van der Waals surface area contributed by atoms with Gasteiger partial charge in [-0.1, -0.05) is 30.2 Å². The van der Waals surface area contributed by atoms with Crippen LogP contribution in [0.1, 0.15) is 46.8 Å². The van der Waals surface area contributed by atoms with Crippen LogP contribution in [0, 0.1) is 5.82 Å². The van der Waals surface area contributed by atoms with Crippen molar-refractivity contribution in [2.75, 3.05) is 5.32 Å². The van der Waals surface area contributed by atoms with Gasteiger partial charge in [0.05, 0.1) is 17.0 Å². The highest BCUT2D eigenvalue weighted by Gasteiger charge is 2.27. The topological polar surface area (TPSA) is 109 Å². The van der Waals surface area contributed by atoms with Gasteiger partial charge in [0.1, 0.15) is 16.7 Å². The highest BCUT2D eigenvalue weighted by Crippen LogP contribution is 2.39. The average Bonchev–Trinajstić information content (AvgIpc) is 3.27. The smallest absolute Gasteiger partial charge is 0.342 e. The Morgan fingerprint density at radius 3 is 2.68 bits per heavy atom. The van der Waals surface area contributed by atoms with Gasteiger partial charge in [0, 0.05) is 29.9 Å². The summed E-state index contributed by atoms with van der Waals surface area (Å²) in [5.41, 5.74) is 2.72. The lowest BCUT2D eigenvalue weighted by atomic mass is 9.82. The quantitative estimate of drug-likeness (QED) is 0.223. The maximum atomic E-state index is 13.5. The fourth-order valence-corrected chi connectivity index (χ4v) is 4.36. The second-order valence-electron chi connectivity index (χ2n) is 8.81. The molecule has 1 fully saturated rings. The molecular formula is C27H23ClFN5O3. The van der Waals surface area contributed by atoms with E-state index in [0.29, 0.717) is 22.5 Å². The molecule has 10 heteroatoms. The number of phenols is 1. The fraction of sp³-hybridized carbons (Fsp3) is 0.185. The molecule has 2 amide bonds. The zero-order valence-corrected chi connectivity index (χ0v) is 20.4. The maximum absolute atomic E-state index is 13.5. The maximum Gasteiger partial charge on any atom is 0.342 e. The van der Waals surface area contributed by atoms with Gasteiger partial charge in [-0.2, -0.15) is 9.78 Å². The van der Waals surface area contributed by atoms with Gasteiger partial charge in [-0.25, -0.2) is 14.2 Å². The zero-order valence-electron chi connectivity index (χ0n) is 19.6. The monoisotopic (exact) mass is 519 g/mol. The SMILES string of the molecule is O=C(Nc1ccc(O)c(-c2cc(C3CCC3)n(C(=O)NCc3cccc(F)c3)n2)c1)c1cccnc1Cl. The molecule has 0 bridgehead atoms. The number of hydrogen-bond donors (Lipinski definition) is 3. The Hall–Kier alpha value is -4.24. The summed E-state index contributed by atoms with van der Waals surface area (Å²) in [6.07, 6.45) is 4.40. The number of benzene rings is 2. The minimum atomic E-state index is -0.452. The van der Waals surface area contributed by atoms with Crippen molar-refractivity contribution < 1.29 is 19.1 Å². The van der Waals surface area contributed by atoms with E-state index in [-0.39, 0.29) is 34.7 Å².